The minimum absolute atomic E-state index is 1.16. The zero-order chi connectivity index (χ0) is 61.8. The van der Waals surface area contributed by atoms with Crippen molar-refractivity contribution in [1.29, 1.82) is 0 Å². The molecule has 0 N–H and O–H groups in total. The van der Waals surface area contributed by atoms with Crippen LogP contribution in [0, 0.1) is 0 Å². The Morgan fingerprint density at radius 1 is 0.170 bits per heavy atom. The topological polar surface area (TPSA) is 14.8 Å². The molecule has 4 heterocycles. The molecule has 438 valence electrons. The van der Waals surface area contributed by atoms with E-state index in [-0.39, 0.29) is 0 Å². The maximum Gasteiger partial charge on any atom is 0.0541 e. The fourth-order valence-corrected chi connectivity index (χ4v) is 16.4. The first-order valence-electron chi connectivity index (χ1n) is 32.3. The Morgan fingerprint density at radius 3 is 0.947 bits per heavy atom. The van der Waals surface area contributed by atoms with Crippen LogP contribution in [0.2, 0.25) is 0 Å². The molecule has 0 amide bonds. The molecule has 16 aromatic carbocycles. The summed E-state index contributed by atoms with van der Waals surface area (Å²) < 4.78 is 9.87. The number of hydrogen-bond acceptors (Lipinski definition) is 1. The van der Waals surface area contributed by atoms with E-state index < -0.39 is 0 Å². The van der Waals surface area contributed by atoms with Gasteiger partial charge in [0.05, 0.1) is 33.1 Å². The normalized spacial score (nSPS) is 11.8. The van der Waals surface area contributed by atoms with E-state index in [1.54, 1.807) is 0 Å². The maximum atomic E-state index is 2.41. The van der Waals surface area contributed by atoms with E-state index in [1.807, 2.05) is 11.3 Å². The number of para-hydroxylation sites is 5. The van der Waals surface area contributed by atoms with E-state index in [1.165, 1.54) is 174 Å². The van der Waals surface area contributed by atoms with Crippen molar-refractivity contribution in [2.75, 3.05) is 0 Å². The third kappa shape index (κ3) is 8.65. The monoisotopic (exact) mass is 1210 g/mol. The molecule has 0 aliphatic carbocycles. The molecule has 20 aromatic rings. The summed E-state index contributed by atoms with van der Waals surface area (Å²) in [5.74, 6) is 0. The van der Waals surface area contributed by atoms with Gasteiger partial charge in [0, 0.05) is 69.6 Å². The summed E-state index contributed by atoms with van der Waals surface area (Å²) in [6.07, 6.45) is 0. The van der Waals surface area contributed by atoms with Crippen LogP contribution < -0.4 is 0 Å². The van der Waals surface area contributed by atoms with Crippen LogP contribution in [0.25, 0.3) is 179 Å². The predicted octanol–water partition coefficient (Wildman–Crippen LogP) is 25.2. The average molecular weight is 1210 g/mol. The van der Waals surface area contributed by atoms with Crippen molar-refractivity contribution in [3.8, 4) is 61.6 Å². The summed E-state index contributed by atoms with van der Waals surface area (Å²) >= 11 is 1.89. The first-order valence-corrected chi connectivity index (χ1v) is 33.1. The Labute approximate surface area is 546 Å². The number of fused-ring (bicyclic) bond motifs is 18. The predicted molar refractivity (Wildman–Crippen MR) is 403 cm³/mol. The largest absolute Gasteiger partial charge is 0.309 e. The standard InChI is InChI=1S/C54H35N3.C36H22S/c1-4-14-40(15-5-1)55-49-22-12-10-20-43(49)45-32-36(24-28-51(45)55)38-26-30-53-47(34-38)48-35-39(27-31-54(48)57(53)42-18-8-3-9-19-42)37-25-29-52-46(33-37)44-21-11-13-23-50(44)56(52)41-16-6-2-7-17-41;1-2-13-29-27(11-1)28-12-3-4-14-30(28)34-22-24(19-20-31(29)34)23-9-7-10-25(21-23)26-16-8-17-33-32-15-5-6-18-35(32)37-36(26)33/h1-35H;1-22H. The van der Waals surface area contributed by atoms with Crippen molar-refractivity contribution >= 4 is 129 Å². The average Bonchev–Trinajstić information content (AvgIpc) is 1.29. The summed E-state index contributed by atoms with van der Waals surface area (Å²) in [5, 5.41) is 18.1. The lowest BCUT2D eigenvalue weighted by molar-refractivity contribution is 1.18. The molecule has 0 radical (unpaired) electrons. The van der Waals surface area contributed by atoms with Crippen molar-refractivity contribution in [2.24, 2.45) is 0 Å². The highest BCUT2D eigenvalue weighted by molar-refractivity contribution is 7.26. The van der Waals surface area contributed by atoms with Crippen LogP contribution in [-0.4, -0.2) is 13.7 Å². The fourth-order valence-electron chi connectivity index (χ4n) is 15.2. The molecule has 0 spiro atoms. The van der Waals surface area contributed by atoms with E-state index in [0.29, 0.717) is 0 Å². The minimum Gasteiger partial charge on any atom is -0.309 e. The second-order valence-corrected chi connectivity index (χ2v) is 25.7. The van der Waals surface area contributed by atoms with Gasteiger partial charge in [-0.1, -0.05) is 231 Å². The Kier molecular flexibility index (Phi) is 12.5. The summed E-state index contributed by atoms with van der Waals surface area (Å²) in [5.41, 5.74) is 20.6. The molecule has 20 rings (SSSR count). The molecule has 94 heavy (non-hydrogen) atoms. The quantitative estimate of drug-likeness (QED) is 0.141. The van der Waals surface area contributed by atoms with Crippen molar-refractivity contribution in [3.05, 3.63) is 346 Å². The number of rotatable bonds is 7. The van der Waals surface area contributed by atoms with Crippen LogP contribution in [0.4, 0.5) is 0 Å². The lowest BCUT2D eigenvalue weighted by Gasteiger charge is -2.12. The molecule has 0 fully saturated rings. The Morgan fingerprint density at radius 2 is 0.479 bits per heavy atom. The SMILES string of the molecule is c1cc(-c2ccc3c4ccccc4c4ccccc4c3c2)cc(-c2cccc3c2sc2ccccc23)c1.c1ccc(-n2c3ccccc3c3cc(-c4ccc5c(c4)c4cc(-c6ccc7c(c6)c6ccccc6n7-c6ccccc6)ccc4n5-c4ccccc4)ccc32)cc1. The van der Waals surface area contributed by atoms with Gasteiger partial charge in [0.15, 0.2) is 0 Å². The van der Waals surface area contributed by atoms with Crippen LogP contribution in [-0.2, 0) is 0 Å². The molecular weight excluding hydrogens is 1160 g/mol. The van der Waals surface area contributed by atoms with Crippen LogP contribution in [0.15, 0.2) is 346 Å². The summed E-state index contributed by atoms with van der Waals surface area (Å²) in [6.45, 7) is 0. The van der Waals surface area contributed by atoms with Gasteiger partial charge in [-0.15, -0.1) is 11.3 Å². The van der Waals surface area contributed by atoms with Crippen LogP contribution in [0.5, 0.6) is 0 Å². The van der Waals surface area contributed by atoms with Gasteiger partial charge >= 0.3 is 0 Å². The zero-order valence-corrected chi connectivity index (χ0v) is 52.0. The highest BCUT2D eigenvalue weighted by Gasteiger charge is 2.20. The molecule has 0 atom stereocenters. The molecule has 4 aromatic heterocycles. The van der Waals surface area contributed by atoms with Gasteiger partial charge in [-0.3, -0.25) is 0 Å². The van der Waals surface area contributed by atoms with E-state index in [9.17, 15) is 0 Å². The maximum absolute atomic E-state index is 2.41. The number of nitrogens with zero attached hydrogens (tertiary/aromatic N) is 3. The van der Waals surface area contributed by atoms with E-state index >= 15 is 0 Å². The number of aromatic nitrogens is 3. The van der Waals surface area contributed by atoms with Gasteiger partial charge in [0.2, 0.25) is 0 Å². The van der Waals surface area contributed by atoms with Crippen molar-refractivity contribution in [2.45, 2.75) is 0 Å². The van der Waals surface area contributed by atoms with Gasteiger partial charge in [-0.2, -0.15) is 0 Å². The van der Waals surface area contributed by atoms with E-state index in [0.717, 1.165) is 5.69 Å². The molecule has 0 saturated heterocycles. The molecule has 0 aliphatic rings. The first-order chi connectivity index (χ1) is 46.6. The van der Waals surface area contributed by atoms with E-state index in [4.69, 9.17) is 0 Å². The molecule has 4 heteroatoms. The first kappa shape index (κ1) is 53.7. The van der Waals surface area contributed by atoms with Gasteiger partial charge in [0.1, 0.15) is 0 Å². The Hall–Kier alpha value is -12.1. The number of benzene rings is 16. The summed E-state index contributed by atoms with van der Waals surface area (Å²) in [4.78, 5) is 0. The zero-order valence-electron chi connectivity index (χ0n) is 51.2. The highest BCUT2D eigenvalue weighted by Crippen LogP contribution is 2.45. The van der Waals surface area contributed by atoms with Crippen LogP contribution in [0.1, 0.15) is 0 Å². The Bertz CT molecular complexity index is 6150. The molecule has 0 aliphatic heterocycles. The Balaban J connectivity index is 0.000000146. The van der Waals surface area contributed by atoms with Gasteiger partial charge in [0.25, 0.3) is 0 Å². The molecule has 3 nitrogen and oxygen atoms in total. The van der Waals surface area contributed by atoms with Crippen LogP contribution >= 0.6 is 11.3 Å². The molecular formula is C90H57N3S. The van der Waals surface area contributed by atoms with E-state index in [2.05, 4.69) is 359 Å². The third-order valence-corrected chi connectivity index (χ3v) is 20.7. The molecule has 0 bridgehead atoms. The minimum atomic E-state index is 1.16. The third-order valence-electron chi connectivity index (χ3n) is 19.5. The number of hydrogen-bond donors (Lipinski definition) is 0. The lowest BCUT2D eigenvalue weighted by Crippen LogP contribution is -1.93. The second-order valence-electron chi connectivity index (χ2n) is 24.7. The van der Waals surface area contributed by atoms with Gasteiger partial charge in [-0.25, -0.2) is 0 Å². The van der Waals surface area contributed by atoms with Crippen molar-refractivity contribution in [3.63, 3.8) is 0 Å². The molecule has 0 saturated carbocycles. The van der Waals surface area contributed by atoms with Gasteiger partial charge < -0.3 is 13.7 Å². The fraction of sp³-hybridized carbons (Fsp3) is 0. The smallest absolute Gasteiger partial charge is 0.0541 e. The highest BCUT2D eigenvalue weighted by atomic mass is 32.1. The van der Waals surface area contributed by atoms with Crippen molar-refractivity contribution < 1.29 is 0 Å². The van der Waals surface area contributed by atoms with Crippen molar-refractivity contribution in [1.82, 2.24) is 13.7 Å². The summed E-state index contributed by atoms with van der Waals surface area (Å²) in [7, 11) is 0. The molecule has 0 unspecified atom stereocenters. The second kappa shape index (κ2) is 21.8. The van der Waals surface area contributed by atoms with Gasteiger partial charge in [-0.05, 0) is 192 Å². The number of thiophene rings is 1. The lowest BCUT2D eigenvalue weighted by atomic mass is 9.91. The van der Waals surface area contributed by atoms with Crippen LogP contribution in [0.3, 0.4) is 0 Å². The summed E-state index contributed by atoms with van der Waals surface area (Å²) in [6, 6.07) is 126.